The van der Waals surface area contributed by atoms with Crippen LogP contribution in [0.15, 0.2) is 64.9 Å². The fraction of sp³-hybridized carbons (Fsp3) is 0.286. The Morgan fingerprint density at radius 2 is 1.69 bits per heavy atom. The largest absolute Gasteiger partial charge is 0.211 e. The molecule has 0 aliphatic heterocycles. The Morgan fingerprint density at radius 1 is 1.00 bits per heavy atom. The molecule has 3 rings (SSSR count). The van der Waals surface area contributed by atoms with E-state index in [1.54, 1.807) is 11.8 Å². The summed E-state index contributed by atoms with van der Waals surface area (Å²) in [6, 6.07) is 18.8. The summed E-state index contributed by atoms with van der Waals surface area (Å²) >= 11 is 1.54. The van der Waals surface area contributed by atoms with Gasteiger partial charge in [0.05, 0.1) is 6.21 Å². The minimum Gasteiger partial charge on any atom is -0.191 e. The number of benzene rings is 2. The van der Waals surface area contributed by atoms with E-state index in [0.717, 1.165) is 16.5 Å². The highest BCUT2D eigenvalue weighted by Gasteiger charge is 2.13. The second kappa shape index (κ2) is 7.87. The molecule has 0 saturated carbocycles. The zero-order valence-electron chi connectivity index (χ0n) is 15.7. The third-order valence-electron chi connectivity index (χ3n) is 4.16. The molecule has 4 nitrogen and oxygen atoms in total. The van der Waals surface area contributed by atoms with Gasteiger partial charge in [0.2, 0.25) is 5.16 Å². The Hall–Kier alpha value is -2.40. The zero-order chi connectivity index (χ0) is 18.6. The molecule has 0 aliphatic rings. The van der Waals surface area contributed by atoms with E-state index in [9.17, 15) is 0 Å². The zero-order valence-corrected chi connectivity index (χ0v) is 16.5. The number of hydrogen-bond acceptors (Lipinski definition) is 4. The third-order valence-corrected chi connectivity index (χ3v) is 4.78. The maximum atomic E-state index is 4.64. The molecule has 0 atom stereocenters. The van der Waals surface area contributed by atoms with Crippen molar-refractivity contribution in [3.8, 4) is 0 Å². The van der Waals surface area contributed by atoms with Gasteiger partial charge in [-0.1, -0.05) is 87.1 Å². The van der Waals surface area contributed by atoms with Gasteiger partial charge in [0.1, 0.15) is 0 Å². The molecule has 134 valence electrons. The van der Waals surface area contributed by atoms with Crippen LogP contribution in [0.1, 0.15) is 43.3 Å². The molecule has 0 spiro atoms. The predicted molar refractivity (Wildman–Crippen MR) is 109 cm³/mol. The van der Waals surface area contributed by atoms with Crippen molar-refractivity contribution in [1.29, 1.82) is 0 Å². The minimum atomic E-state index is 0.152. The van der Waals surface area contributed by atoms with Crippen molar-refractivity contribution in [3.63, 3.8) is 0 Å². The number of hydrogen-bond donors (Lipinski definition) is 0. The Balaban J connectivity index is 1.84. The normalized spacial score (nSPS) is 12.0. The van der Waals surface area contributed by atoms with Crippen molar-refractivity contribution in [1.82, 2.24) is 14.9 Å². The molecule has 1 aromatic heterocycles. The summed E-state index contributed by atoms with van der Waals surface area (Å²) in [6.07, 6.45) is 4.55. The SMILES string of the molecule is CSc1nnc(Cc2ccccc2)n1/N=C\c1ccc(C(C)(C)C)cc1. The molecule has 0 radical (unpaired) electrons. The molecule has 0 bridgehead atoms. The lowest BCUT2D eigenvalue weighted by Gasteiger charge is -2.18. The van der Waals surface area contributed by atoms with Crippen LogP contribution in [-0.2, 0) is 11.8 Å². The van der Waals surface area contributed by atoms with Gasteiger partial charge in [0, 0.05) is 6.42 Å². The van der Waals surface area contributed by atoms with Gasteiger partial charge in [-0.25, -0.2) is 0 Å². The maximum Gasteiger partial charge on any atom is 0.211 e. The standard InChI is InChI=1S/C21H24N4S/c1-21(2,3)18-12-10-17(11-13-18)15-22-25-19(23-24-20(25)26-4)14-16-8-6-5-7-9-16/h5-13,15H,14H2,1-4H3/b22-15-. The number of nitrogens with zero attached hydrogens (tertiary/aromatic N) is 4. The second-order valence-electron chi connectivity index (χ2n) is 7.19. The van der Waals surface area contributed by atoms with E-state index in [4.69, 9.17) is 0 Å². The van der Waals surface area contributed by atoms with Crippen LogP contribution >= 0.6 is 11.8 Å². The monoisotopic (exact) mass is 364 g/mol. The van der Waals surface area contributed by atoms with Crippen LogP contribution in [0.3, 0.4) is 0 Å². The summed E-state index contributed by atoms with van der Waals surface area (Å²) in [5.74, 6) is 0.836. The molecule has 0 fully saturated rings. The topological polar surface area (TPSA) is 43.1 Å². The average Bonchev–Trinajstić information content (AvgIpc) is 3.02. The van der Waals surface area contributed by atoms with E-state index in [-0.39, 0.29) is 5.41 Å². The lowest BCUT2D eigenvalue weighted by molar-refractivity contribution is 0.590. The first-order valence-electron chi connectivity index (χ1n) is 8.64. The van der Waals surface area contributed by atoms with Crippen LogP contribution < -0.4 is 0 Å². The van der Waals surface area contributed by atoms with E-state index < -0.39 is 0 Å². The van der Waals surface area contributed by atoms with Crippen LogP contribution in [0, 0.1) is 0 Å². The first kappa shape index (κ1) is 18.4. The summed E-state index contributed by atoms with van der Waals surface area (Å²) in [4.78, 5) is 0. The first-order chi connectivity index (χ1) is 12.5. The molecule has 2 aromatic carbocycles. The molecule has 26 heavy (non-hydrogen) atoms. The van der Waals surface area contributed by atoms with Gasteiger partial charge in [0.15, 0.2) is 5.82 Å². The number of rotatable bonds is 5. The number of aromatic nitrogens is 3. The highest BCUT2D eigenvalue weighted by molar-refractivity contribution is 7.98. The van der Waals surface area contributed by atoms with Crippen LogP contribution in [0.25, 0.3) is 0 Å². The van der Waals surface area contributed by atoms with E-state index in [1.165, 1.54) is 11.1 Å². The van der Waals surface area contributed by atoms with Gasteiger partial charge in [-0.05, 0) is 28.4 Å². The van der Waals surface area contributed by atoms with Crippen LogP contribution in [-0.4, -0.2) is 27.3 Å². The molecule has 1 heterocycles. The molecule has 3 aromatic rings. The molecule has 0 unspecified atom stereocenters. The Bertz CT molecular complexity index is 875. The highest BCUT2D eigenvalue weighted by Crippen LogP contribution is 2.22. The molecular weight excluding hydrogens is 340 g/mol. The average molecular weight is 365 g/mol. The van der Waals surface area contributed by atoms with Gasteiger partial charge >= 0.3 is 0 Å². The molecule has 5 heteroatoms. The summed E-state index contributed by atoms with van der Waals surface area (Å²) in [5.41, 5.74) is 3.72. The van der Waals surface area contributed by atoms with Crippen LogP contribution in [0.5, 0.6) is 0 Å². The Morgan fingerprint density at radius 3 is 2.31 bits per heavy atom. The van der Waals surface area contributed by atoms with E-state index in [1.807, 2.05) is 35.3 Å². The fourth-order valence-corrected chi connectivity index (χ4v) is 3.07. The quantitative estimate of drug-likeness (QED) is 0.484. The summed E-state index contributed by atoms with van der Waals surface area (Å²) in [6.45, 7) is 6.65. The Kier molecular flexibility index (Phi) is 5.57. The van der Waals surface area contributed by atoms with Crippen molar-refractivity contribution in [3.05, 3.63) is 77.1 Å². The van der Waals surface area contributed by atoms with Gasteiger partial charge < -0.3 is 0 Å². The van der Waals surface area contributed by atoms with Gasteiger partial charge in [-0.15, -0.1) is 10.2 Å². The van der Waals surface area contributed by atoms with Gasteiger partial charge in [-0.3, -0.25) is 0 Å². The molecule has 0 amide bonds. The third kappa shape index (κ3) is 4.41. The molecule has 0 N–H and O–H groups in total. The molecule has 0 aliphatic carbocycles. The van der Waals surface area contributed by atoms with E-state index >= 15 is 0 Å². The van der Waals surface area contributed by atoms with E-state index in [0.29, 0.717) is 6.42 Å². The van der Waals surface area contributed by atoms with Crippen molar-refractivity contribution >= 4 is 18.0 Å². The summed E-state index contributed by atoms with van der Waals surface area (Å²) in [7, 11) is 0. The highest BCUT2D eigenvalue weighted by atomic mass is 32.2. The molecule has 0 saturated heterocycles. The van der Waals surface area contributed by atoms with Crippen LogP contribution in [0.4, 0.5) is 0 Å². The minimum absolute atomic E-state index is 0.152. The maximum absolute atomic E-state index is 4.64. The second-order valence-corrected chi connectivity index (χ2v) is 7.97. The van der Waals surface area contributed by atoms with Gasteiger partial charge in [0.25, 0.3) is 0 Å². The lowest BCUT2D eigenvalue weighted by atomic mass is 9.87. The summed E-state index contributed by atoms with van der Waals surface area (Å²) < 4.78 is 1.83. The predicted octanol–water partition coefficient (Wildman–Crippen LogP) is 4.77. The van der Waals surface area contributed by atoms with Crippen molar-refractivity contribution in [2.24, 2.45) is 5.10 Å². The van der Waals surface area contributed by atoms with Crippen molar-refractivity contribution < 1.29 is 0 Å². The van der Waals surface area contributed by atoms with Crippen LogP contribution in [0.2, 0.25) is 0 Å². The van der Waals surface area contributed by atoms with Gasteiger partial charge in [-0.2, -0.15) is 9.78 Å². The number of thioether (sulfide) groups is 1. The first-order valence-corrected chi connectivity index (χ1v) is 9.87. The Labute approximate surface area is 159 Å². The van der Waals surface area contributed by atoms with Crippen molar-refractivity contribution in [2.45, 2.75) is 37.8 Å². The molecular formula is C21H24N4S. The smallest absolute Gasteiger partial charge is 0.191 e. The lowest BCUT2D eigenvalue weighted by Crippen LogP contribution is -2.10. The van der Waals surface area contributed by atoms with E-state index in [2.05, 4.69) is 72.5 Å². The van der Waals surface area contributed by atoms with Crippen molar-refractivity contribution in [2.75, 3.05) is 6.26 Å². The summed E-state index contributed by atoms with van der Waals surface area (Å²) in [5, 5.41) is 14.0. The fourth-order valence-electron chi connectivity index (χ4n) is 2.62.